The Morgan fingerprint density at radius 2 is 1.38 bits per heavy atom. The first-order chi connectivity index (χ1) is 7.27. The summed E-state index contributed by atoms with van der Waals surface area (Å²) in [6.07, 6.45) is 0. The summed E-state index contributed by atoms with van der Waals surface area (Å²) in [6, 6.07) is 10.0. The molecule has 6 heteroatoms. The van der Waals surface area contributed by atoms with E-state index in [4.69, 9.17) is 5.11 Å². The van der Waals surface area contributed by atoms with Crippen LogP contribution in [0.25, 0.3) is 0 Å². The van der Waals surface area contributed by atoms with Crippen LogP contribution >= 0.6 is 79.6 Å². The van der Waals surface area contributed by atoms with Gasteiger partial charge in [-0.15, -0.1) is 0 Å². The molecular weight excluding hydrogens is 536 g/mol. The first kappa shape index (κ1) is 17.6. The fraction of sp³-hybridized carbons (Fsp3) is 0.400. The van der Waals surface area contributed by atoms with Crippen LogP contribution in [0.15, 0.2) is 30.3 Å². The molecule has 0 aliphatic carbocycles. The van der Waals surface area contributed by atoms with Crippen molar-refractivity contribution in [2.24, 2.45) is 0 Å². The summed E-state index contributed by atoms with van der Waals surface area (Å²) in [5.74, 6) is 0. The zero-order valence-electron chi connectivity index (χ0n) is 8.43. The van der Waals surface area contributed by atoms with Crippen LogP contribution in [0.4, 0.5) is 0 Å². The SMILES string of the molecule is BrC(Br)(Br)C(Br)(Br)c1ccccc1.CCO. The second-order valence-electron chi connectivity index (χ2n) is 2.75. The van der Waals surface area contributed by atoms with Crippen molar-refractivity contribution in [1.82, 2.24) is 0 Å². The van der Waals surface area contributed by atoms with Gasteiger partial charge in [-0.3, -0.25) is 0 Å². The normalized spacial score (nSPS) is 11.7. The molecule has 0 radical (unpaired) electrons. The van der Waals surface area contributed by atoms with Crippen molar-refractivity contribution in [3.8, 4) is 0 Å². The molecule has 0 aromatic heterocycles. The van der Waals surface area contributed by atoms with Gasteiger partial charge in [0.2, 0.25) is 0 Å². The van der Waals surface area contributed by atoms with Crippen LogP contribution in [0.1, 0.15) is 12.5 Å². The zero-order chi connectivity index (χ0) is 12.8. The molecule has 0 saturated carbocycles. The lowest BCUT2D eigenvalue weighted by molar-refractivity contribution is 0.318. The molecule has 0 saturated heterocycles. The Labute approximate surface area is 138 Å². The fourth-order valence-corrected chi connectivity index (χ4v) is 2.03. The Morgan fingerprint density at radius 3 is 1.69 bits per heavy atom. The number of halogens is 5. The summed E-state index contributed by atoms with van der Waals surface area (Å²) in [5.41, 5.74) is 1.11. The predicted molar refractivity (Wildman–Crippen MR) is 88.2 cm³/mol. The van der Waals surface area contributed by atoms with Gasteiger partial charge in [-0.05, 0) is 12.5 Å². The topological polar surface area (TPSA) is 20.2 Å². The van der Waals surface area contributed by atoms with Gasteiger partial charge in [0, 0.05) is 6.61 Å². The highest BCUT2D eigenvalue weighted by Crippen LogP contribution is 2.58. The fourth-order valence-electron chi connectivity index (χ4n) is 0.811. The lowest BCUT2D eigenvalue weighted by Gasteiger charge is -2.29. The van der Waals surface area contributed by atoms with Crippen molar-refractivity contribution in [2.75, 3.05) is 6.61 Å². The molecular formula is C10H11Br5O. The monoisotopic (exact) mass is 542 g/mol. The maximum atomic E-state index is 7.57. The molecule has 92 valence electrons. The molecule has 0 amide bonds. The third-order valence-electron chi connectivity index (χ3n) is 1.49. The van der Waals surface area contributed by atoms with Gasteiger partial charge in [0.25, 0.3) is 0 Å². The maximum Gasteiger partial charge on any atom is 0.163 e. The molecule has 1 nitrogen and oxygen atoms in total. The van der Waals surface area contributed by atoms with E-state index < -0.39 is 5.38 Å². The van der Waals surface area contributed by atoms with Gasteiger partial charge >= 0.3 is 0 Å². The second-order valence-corrected chi connectivity index (χ2v) is 13.0. The number of aliphatic hydroxyl groups excluding tert-OH is 1. The van der Waals surface area contributed by atoms with Crippen molar-refractivity contribution in [3.05, 3.63) is 35.9 Å². The second kappa shape index (κ2) is 7.89. The predicted octanol–water partition coefficient (Wildman–Crippen LogP) is 5.47. The van der Waals surface area contributed by atoms with Crippen LogP contribution in [-0.2, 0) is 3.23 Å². The number of benzene rings is 1. The summed E-state index contributed by atoms with van der Waals surface area (Å²) < 4.78 is -0.824. The molecule has 0 atom stereocenters. The minimum atomic E-state index is -0.429. The van der Waals surface area contributed by atoms with E-state index in [1.165, 1.54) is 0 Å². The highest BCUT2D eigenvalue weighted by atomic mass is 80.0. The van der Waals surface area contributed by atoms with E-state index in [2.05, 4.69) is 79.6 Å². The summed E-state index contributed by atoms with van der Waals surface area (Å²) in [7, 11) is 0. The summed E-state index contributed by atoms with van der Waals surface area (Å²) in [6.45, 7) is 1.93. The number of hydrogen-bond acceptors (Lipinski definition) is 1. The Hall–Kier alpha value is 1.58. The minimum Gasteiger partial charge on any atom is -0.397 e. The molecule has 1 aromatic rings. The van der Waals surface area contributed by atoms with Crippen molar-refractivity contribution >= 4 is 79.6 Å². The van der Waals surface area contributed by atoms with Gasteiger partial charge in [-0.2, -0.15) is 0 Å². The molecule has 0 fully saturated rings. The number of alkyl halides is 5. The Morgan fingerprint density at radius 1 is 1.00 bits per heavy atom. The summed E-state index contributed by atoms with van der Waals surface area (Å²) in [5, 5.41) is 7.57. The Balaban J connectivity index is 0.000000673. The van der Waals surface area contributed by atoms with Crippen molar-refractivity contribution in [2.45, 2.75) is 12.3 Å². The van der Waals surface area contributed by atoms with Crippen molar-refractivity contribution in [3.63, 3.8) is 0 Å². The zero-order valence-corrected chi connectivity index (χ0v) is 16.4. The van der Waals surface area contributed by atoms with Crippen LogP contribution < -0.4 is 0 Å². The molecule has 0 bridgehead atoms. The van der Waals surface area contributed by atoms with Gasteiger partial charge in [-0.1, -0.05) is 110 Å². The van der Waals surface area contributed by atoms with E-state index in [9.17, 15) is 0 Å². The van der Waals surface area contributed by atoms with Gasteiger partial charge < -0.3 is 5.11 Å². The number of hydrogen-bond donors (Lipinski definition) is 1. The average molecular weight is 547 g/mol. The molecule has 1 N–H and O–H groups in total. The van der Waals surface area contributed by atoms with E-state index in [1.54, 1.807) is 6.92 Å². The van der Waals surface area contributed by atoms with Crippen LogP contribution in [0.5, 0.6) is 0 Å². The standard InChI is InChI=1S/C8H5Br5.C2H6O/c9-7(10,8(11,12)13)6-4-2-1-3-5-6;1-2-3/h1-5H;3H,2H2,1H3. The van der Waals surface area contributed by atoms with Gasteiger partial charge in [0.15, 0.2) is 2.14 Å². The van der Waals surface area contributed by atoms with E-state index in [1.807, 2.05) is 30.3 Å². The number of aliphatic hydroxyl groups is 1. The lowest BCUT2D eigenvalue weighted by Crippen LogP contribution is -2.25. The number of rotatable bonds is 1. The summed E-state index contributed by atoms with van der Waals surface area (Å²) in [4.78, 5) is 0. The van der Waals surface area contributed by atoms with E-state index in [0.29, 0.717) is 0 Å². The van der Waals surface area contributed by atoms with Crippen LogP contribution in [0.2, 0.25) is 0 Å². The Bertz CT molecular complexity index is 294. The van der Waals surface area contributed by atoms with Crippen LogP contribution in [0.3, 0.4) is 0 Å². The van der Waals surface area contributed by atoms with Gasteiger partial charge in [0.1, 0.15) is 3.23 Å². The highest BCUT2D eigenvalue weighted by Gasteiger charge is 2.44. The van der Waals surface area contributed by atoms with Gasteiger partial charge in [-0.25, -0.2) is 0 Å². The largest absolute Gasteiger partial charge is 0.397 e. The molecule has 0 aliphatic heterocycles. The van der Waals surface area contributed by atoms with E-state index >= 15 is 0 Å². The van der Waals surface area contributed by atoms with Crippen molar-refractivity contribution in [1.29, 1.82) is 0 Å². The third-order valence-corrected chi connectivity index (χ3v) is 8.57. The highest BCUT2D eigenvalue weighted by molar-refractivity contribution is 9.41. The molecule has 1 rings (SSSR count). The smallest absolute Gasteiger partial charge is 0.163 e. The molecule has 0 spiro atoms. The Kier molecular flexibility index (Phi) is 8.67. The minimum absolute atomic E-state index is 0.250. The van der Waals surface area contributed by atoms with Crippen LogP contribution in [-0.4, -0.2) is 13.9 Å². The molecule has 0 aliphatic rings. The quantitative estimate of drug-likeness (QED) is 0.464. The van der Waals surface area contributed by atoms with Crippen LogP contribution in [0, 0.1) is 0 Å². The molecule has 1 aromatic carbocycles. The third kappa shape index (κ3) is 5.48. The lowest BCUT2D eigenvalue weighted by atomic mass is 10.2. The summed E-state index contributed by atoms with van der Waals surface area (Å²) >= 11 is 17.6. The first-order valence-corrected chi connectivity index (χ1v) is 8.34. The maximum absolute atomic E-state index is 7.57. The van der Waals surface area contributed by atoms with E-state index in [-0.39, 0.29) is 6.61 Å². The molecule has 0 unspecified atom stereocenters. The first-order valence-electron chi connectivity index (χ1n) is 4.38. The van der Waals surface area contributed by atoms with E-state index in [0.717, 1.165) is 5.56 Å². The van der Waals surface area contributed by atoms with Crippen molar-refractivity contribution < 1.29 is 5.11 Å². The molecule has 0 heterocycles. The molecule has 16 heavy (non-hydrogen) atoms. The average Bonchev–Trinajstić information content (AvgIpc) is 2.18. The van der Waals surface area contributed by atoms with Gasteiger partial charge in [0.05, 0.1) is 0 Å².